The van der Waals surface area contributed by atoms with E-state index < -0.39 is 0 Å². The number of hydrogen-bond donors (Lipinski definition) is 1. The quantitative estimate of drug-likeness (QED) is 0.799. The van der Waals surface area contributed by atoms with E-state index in [4.69, 9.17) is 0 Å². The zero-order chi connectivity index (χ0) is 10.6. The van der Waals surface area contributed by atoms with E-state index in [2.05, 4.69) is 24.1 Å². The lowest BCUT2D eigenvalue weighted by atomic mass is 10.0. The van der Waals surface area contributed by atoms with E-state index in [0.29, 0.717) is 5.92 Å². The number of carbonyl (C=O) groups excluding carboxylic acids is 1. The minimum absolute atomic E-state index is 0.0619. The predicted octanol–water partition coefficient (Wildman–Crippen LogP) is 2.55. The van der Waals surface area contributed by atoms with Gasteiger partial charge in [0.1, 0.15) is 0 Å². The third kappa shape index (κ3) is 2.83. The van der Waals surface area contributed by atoms with Gasteiger partial charge in [-0.05, 0) is 24.0 Å². The van der Waals surface area contributed by atoms with E-state index in [1.165, 1.54) is 12.5 Å². The van der Waals surface area contributed by atoms with Crippen LogP contribution in [-0.2, 0) is 4.79 Å². The van der Waals surface area contributed by atoms with Crippen molar-refractivity contribution in [3.8, 4) is 0 Å². The second kappa shape index (κ2) is 4.74. The molecule has 0 aliphatic rings. The summed E-state index contributed by atoms with van der Waals surface area (Å²) < 4.78 is 0. The molecule has 3 heteroatoms. The lowest BCUT2D eigenvalue weighted by Crippen LogP contribution is -2.06. The Morgan fingerprint density at radius 2 is 2.29 bits per heavy atom. The van der Waals surface area contributed by atoms with E-state index in [-0.39, 0.29) is 5.91 Å². The molecule has 0 bridgehead atoms. The maximum Gasteiger partial charge on any atom is 0.221 e. The van der Waals surface area contributed by atoms with E-state index in [9.17, 15) is 4.79 Å². The molecule has 1 unspecified atom stereocenters. The topological polar surface area (TPSA) is 42.0 Å². The highest BCUT2D eigenvalue weighted by Crippen LogP contribution is 2.20. The van der Waals surface area contributed by atoms with Gasteiger partial charge in [-0.2, -0.15) is 0 Å². The van der Waals surface area contributed by atoms with Crippen LogP contribution in [0.1, 0.15) is 38.7 Å². The SMILES string of the molecule is CCC(C)c1cncc(NC(C)=O)c1. The second-order valence-electron chi connectivity index (χ2n) is 3.50. The fourth-order valence-corrected chi connectivity index (χ4v) is 1.23. The van der Waals surface area contributed by atoms with Gasteiger partial charge in [0.15, 0.2) is 0 Å². The first-order valence-electron chi connectivity index (χ1n) is 4.86. The van der Waals surface area contributed by atoms with Gasteiger partial charge in [0, 0.05) is 13.1 Å². The second-order valence-corrected chi connectivity index (χ2v) is 3.50. The maximum atomic E-state index is 10.8. The predicted molar refractivity (Wildman–Crippen MR) is 57.2 cm³/mol. The van der Waals surface area contributed by atoms with E-state index in [0.717, 1.165) is 12.1 Å². The van der Waals surface area contributed by atoms with Crippen molar-refractivity contribution in [2.45, 2.75) is 33.1 Å². The molecule has 0 fully saturated rings. The van der Waals surface area contributed by atoms with E-state index in [1.807, 2.05) is 12.3 Å². The van der Waals surface area contributed by atoms with E-state index in [1.54, 1.807) is 6.20 Å². The molecule has 1 N–H and O–H groups in total. The van der Waals surface area contributed by atoms with Crippen LogP contribution in [0.3, 0.4) is 0 Å². The summed E-state index contributed by atoms with van der Waals surface area (Å²) in [7, 11) is 0. The van der Waals surface area contributed by atoms with Crippen LogP contribution in [0.5, 0.6) is 0 Å². The van der Waals surface area contributed by atoms with Crippen LogP contribution in [0.4, 0.5) is 5.69 Å². The number of nitrogens with one attached hydrogen (secondary N) is 1. The Morgan fingerprint density at radius 3 is 2.86 bits per heavy atom. The van der Waals surface area contributed by atoms with Crippen LogP contribution in [-0.4, -0.2) is 10.9 Å². The number of pyridine rings is 1. The average molecular weight is 192 g/mol. The van der Waals surface area contributed by atoms with Crippen LogP contribution < -0.4 is 5.32 Å². The average Bonchev–Trinajstić information content (AvgIpc) is 2.16. The molecular formula is C11H16N2O. The van der Waals surface area contributed by atoms with Gasteiger partial charge in [-0.25, -0.2) is 0 Å². The molecule has 0 aromatic carbocycles. The molecule has 0 saturated heterocycles. The van der Waals surface area contributed by atoms with Crippen molar-refractivity contribution < 1.29 is 4.79 Å². The van der Waals surface area contributed by atoms with Gasteiger partial charge in [-0.1, -0.05) is 13.8 Å². The summed E-state index contributed by atoms with van der Waals surface area (Å²) >= 11 is 0. The molecule has 0 radical (unpaired) electrons. The lowest BCUT2D eigenvalue weighted by Gasteiger charge is -2.09. The van der Waals surface area contributed by atoms with Gasteiger partial charge in [-0.15, -0.1) is 0 Å². The van der Waals surface area contributed by atoms with Crippen LogP contribution >= 0.6 is 0 Å². The Bertz CT molecular complexity index is 323. The number of amides is 1. The van der Waals surface area contributed by atoms with Gasteiger partial charge >= 0.3 is 0 Å². The van der Waals surface area contributed by atoms with Crippen molar-refractivity contribution in [3.05, 3.63) is 24.0 Å². The van der Waals surface area contributed by atoms with Crippen molar-refractivity contribution in [2.75, 3.05) is 5.32 Å². The summed E-state index contributed by atoms with van der Waals surface area (Å²) in [5.74, 6) is 0.421. The van der Waals surface area contributed by atoms with Gasteiger partial charge in [-0.3, -0.25) is 9.78 Å². The number of anilines is 1. The number of aromatic nitrogens is 1. The monoisotopic (exact) mass is 192 g/mol. The Labute approximate surface area is 84.6 Å². The molecule has 1 aromatic rings. The summed E-state index contributed by atoms with van der Waals surface area (Å²) in [6.45, 7) is 5.78. The molecular weight excluding hydrogens is 176 g/mol. The maximum absolute atomic E-state index is 10.8. The Kier molecular flexibility index (Phi) is 3.63. The molecule has 0 saturated carbocycles. The molecule has 0 aliphatic carbocycles. The third-order valence-electron chi connectivity index (χ3n) is 2.26. The third-order valence-corrected chi connectivity index (χ3v) is 2.26. The van der Waals surface area contributed by atoms with Crippen molar-refractivity contribution in [1.29, 1.82) is 0 Å². The minimum Gasteiger partial charge on any atom is -0.325 e. The number of rotatable bonds is 3. The smallest absolute Gasteiger partial charge is 0.221 e. The summed E-state index contributed by atoms with van der Waals surface area (Å²) in [6, 6.07) is 1.97. The Hall–Kier alpha value is -1.38. The number of carbonyl (C=O) groups is 1. The fraction of sp³-hybridized carbons (Fsp3) is 0.455. The zero-order valence-corrected chi connectivity index (χ0v) is 8.87. The molecule has 1 atom stereocenters. The first kappa shape index (κ1) is 10.7. The Balaban J connectivity index is 2.83. The summed E-state index contributed by atoms with van der Waals surface area (Å²) in [6.07, 6.45) is 4.58. The summed E-state index contributed by atoms with van der Waals surface area (Å²) in [5.41, 5.74) is 1.94. The summed E-state index contributed by atoms with van der Waals surface area (Å²) in [5, 5.41) is 2.72. The first-order valence-corrected chi connectivity index (χ1v) is 4.86. The van der Waals surface area contributed by atoms with Crippen LogP contribution in [0.25, 0.3) is 0 Å². The van der Waals surface area contributed by atoms with Crippen molar-refractivity contribution in [3.63, 3.8) is 0 Å². The van der Waals surface area contributed by atoms with Crippen LogP contribution in [0.15, 0.2) is 18.5 Å². The zero-order valence-electron chi connectivity index (χ0n) is 8.87. The van der Waals surface area contributed by atoms with Crippen LogP contribution in [0, 0.1) is 0 Å². The molecule has 1 aromatic heterocycles. The molecule has 0 aliphatic heterocycles. The first-order chi connectivity index (χ1) is 6.63. The molecule has 1 amide bonds. The molecule has 1 heterocycles. The highest BCUT2D eigenvalue weighted by molar-refractivity contribution is 5.88. The van der Waals surface area contributed by atoms with Crippen molar-refractivity contribution >= 4 is 11.6 Å². The van der Waals surface area contributed by atoms with Gasteiger partial charge in [0.25, 0.3) is 0 Å². The Morgan fingerprint density at radius 1 is 1.57 bits per heavy atom. The fourth-order valence-electron chi connectivity index (χ4n) is 1.23. The molecule has 1 rings (SSSR count). The van der Waals surface area contributed by atoms with Gasteiger partial charge in [0.05, 0.1) is 11.9 Å². The van der Waals surface area contributed by atoms with Crippen molar-refractivity contribution in [2.24, 2.45) is 0 Å². The molecule has 3 nitrogen and oxygen atoms in total. The highest BCUT2D eigenvalue weighted by atomic mass is 16.1. The standard InChI is InChI=1S/C11H16N2O/c1-4-8(2)10-5-11(7-12-6-10)13-9(3)14/h5-8H,4H2,1-3H3,(H,13,14). The normalized spacial score (nSPS) is 12.2. The molecule has 76 valence electrons. The van der Waals surface area contributed by atoms with Crippen LogP contribution in [0.2, 0.25) is 0 Å². The molecule has 14 heavy (non-hydrogen) atoms. The lowest BCUT2D eigenvalue weighted by molar-refractivity contribution is -0.114. The number of nitrogens with zero attached hydrogens (tertiary/aromatic N) is 1. The highest BCUT2D eigenvalue weighted by Gasteiger charge is 2.04. The largest absolute Gasteiger partial charge is 0.325 e. The van der Waals surface area contributed by atoms with Gasteiger partial charge in [0.2, 0.25) is 5.91 Å². The van der Waals surface area contributed by atoms with Crippen molar-refractivity contribution in [1.82, 2.24) is 4.98 Å². The molecule has 0 spiro atoms. The number of hydrogen-bond acceptors (Lipinski definition) is 2. The minimum atomic E-state index is -0.0619. The van der Waals surface area contributed by atoms with Gasteiger partial charge < -0.3 is 5.32 Å². The summed E-state index contributed by atoms with van der Waals surface area (Å²) in [4.78, 5) is 14.9. The van der Waals surface area contributed by atoms with E-state index >= 15 is 0 Å².